The quantitative estimate of drug-likeness (QED) is 0.552. The number of nitrogens with zero attached hydrogens (tertiary/aromatic N) is 3. The number of aliphatic imine (C=N–C) groups is 1. The molecule has 0 spiro atoms. The zero-order valence-corrected chi connectivity index (χ0v) is 17.1. The number of carbonyl (C=O) groups is 1. The first-order valence-corrected chi connectivity index (χ1v) is 9.86. The van der Waals surface area contributed by atoms with Crippen molar-refractivity contribution < 1.29 is 9.53 Å². The minimum absolute atomic E-state index is 0.0741. The molecule has 0 saturated carbocycles. The Bertz CT molecular complexity index is 808. The number of rotatable bonds is 7. The van der Waals surface area contributed by atoms with Crippen molar-refractivity contribution in [2.24, 2.45) is 4.99 Å². The zero-order valence-electron chi connectivity index (χ0n) is 17.1. The predicted molar refractivity (Wildman–Crippen MR) is 116 cm³/mol. The third-order valence-electron chi connectivity index (χ3n) is 4.80. The largest absolute Gasteiger partial charge is 0.492 e. The summed E-state index contributed by atoms with van der Waals surface area (Å²) in [6.07, 6.45) is 0. The van der Waals surface area contributed by atoms with Gasteiger partial charge in [0.05, 0.1) is 13.1 Å². The highest BCUT2D eigenvalue weighted by molar-refractivity contribution is 5.82. The number of hydrogen-bond acceptors (Lipinski definition) is 4. The highest BCUT2D eigenvalue weighted by atomic mass is 16.5. The Morgan fingerprint density at radius 3 is 2.66 bits per heavy atom. The van der Waals surface area contributed by atoms with Gasteiger partial charge in [0.25, 0.3) is 0 Å². The Labute approximate surface area is 172 Å². The molecule has 3 rings (SSSR count). The molecule has 1 aliphatic heterocycles. The van der Waals surface area contributed by atoms with Crippen LogP contribution in [0, 0.1) is 0 Å². The van der Waals surface area contributed by atoms with Crippen molar-refractivity contribution in [2.45, 2.75) is 6.54 Å². The Morgan fingerprint density at radius 2 is 1.97 bits per heavy atom. The minimum Gasteiger partial charge on any atom is -0.492 e. The van der Waals surface area contributed by atoms with Crippen LogP contribution in [-0.2, 0) is 11.3 Å². The normalized spacial score (nSPS) is 14.3. The monoisotopic (exact) mass is 395 g/mol. The second-order valence-electron chi connectivity index (χ2n) is 6.92. The fraction of sp³-hybridized carbons (Fsp3) is 0.364. The van der Waals surface area contributed by atoms with E-state index in [0.29, 0.717) is 26.2 Å². The lowest BCUT2D eigenvalue weighted by Crippen LogP contribution is -2.47. The molecule has 2 N–H and O–H groups in total. The lowest BCUT2D eigenvalue weighted by atomic mass is 10.2. The van der Waals surface area contributed by atoms with Gasteiger partial charge in [0, 0.05) is 39.4 Å². The standard InChI is InChI=1S/C22H29N5O2/c1-23-22(26(2)14-15-29-20-6-4-3-5-7-20)25-16-18-8-10-19(11-9-18)27-13-12-24-21(28)17-27/h3-11H,12-17H2,1-2H3,(H,23,25)(H,24,28). The molecule has 2 aromatic rings. The van der Waals surface area contributed by atoms with Crippen molar-refractivity contribution in [2.75, 3.05) is 51.8 Å². The summed E-state index contributed by atoms with van der Waals surface area (Å²) >= 11 is 0. The van der Waals surface area contributed by atoms with Gasteiger partial charge in [-0.15, -0.1) is 0 Å². The van der Waals surface area contributed by atoms with Gasteiger partial charge < -0.3 is 25.2 Å². The van der Waals surface area contributed by atoms with E-state index in [-0.39, 0.29) is 5.91 Å². The number of hydrogen-bond donors (Lipinski definition) is 2. The number of para-hydroxylation sites is 1. The molecule has 7 nitrogen and oxygen atoms in total. The first-order chi connectivity index (χ1) is 14.2. The average Bonchev–Trinajstić information content (AvgIpc) is 2.75. The highest BCUT2D eigenvalue weighted by Gasteiger charge is 2.16. The van der Waals surface area contributed by atoms with Crippen molar-refractivity contribution in [1.29, 1.82) is 0 Å². The number of anilines is 1. The van der Waals surface area contributed by atoms with Crippen LogP contribution in [-0.4, -0.2) is 63.6 Å². The van der Waals surface area contributed by atoms with E-state index < -0.39 is 0 Å². The van der Waals surface area contributed by atoms with Crippen molar-refractivity contribution in [3.8, 4) is 5.75 Å². The Kier molecular flexibility index (Phi) is 7.33. The summed E-state index contributed by atoms with van der Waals surface area (Å²) in [6, 6.07) is 18.1. The molecule has 0 aliphatic carbocycles. The molecule has 0 atom stereocenters. The molecule has 0 radical (unpaired) electrons. The van der Waals surface area contributed by atoms with Crippen LogP contribution < -0.4 is 20.3 Å². The van der Waals surface area contributed by atoms with Gasteiger partial charge in [0.1, 0.15) is 12.4 Å². The van der Waals surface area contributed by atoms with Gasteiger partial charge in [-0.2, -0.15) is 0 Å². The number of nitrogens with one attached hydrogen (secondary N) is 2. The molecule has 0 bridgehead atoms. The van der Waals surface area contributed by atoms with E-state index in [0.717, 1.165) is 36.0 Å². The summed E-state index contributed by atoms with van der Waals surface area (Å²) in [5, 5.41) is 6.23. The van der Waals surface area contributed by atoms with Crippen molar-refractivity contribution in [3.63, 3.8) is 0 Å². The molecule has 2 aromatic carbocycles. The van der Waals surface area contributed by atoms with E-state index >= 15 is 0 Å². The first-order valence-electron chi connectivity index (χ1n) is 9.86. The summed E-state index contributed by atoms with van der Waals surface area (Å²) < 4.78 is 5.75. The Morgan fingerprint density at radius 1 is 1.21 bits per heavy atom. The van der Waals surface area contributed by atoms with Crippen LogP contribution in [0.3, 0.4) is 0 Å². The molecule has 7 heteroatoms. The van der Waals surface area contributed by atoms with E-state index in [1.807, 2.05) is 42.3 Å². The van der Waals surface area contributed by atoms with Gasteiger partial charge in [0.2, 0.25) is 5.91 Å². The second kappa shape index (κ2) is 10.4. The molecule has 1 heterocycles. The molecular weight excluding hydrogens is 366 g/mol. The van der Waals surface area contributed by atoms with Gasteiger partial charge in [0.15, 0.2) is 5.96 Å². The number of ether oxygens (including phenoxy) is 1. The summed E-state index contributed by atoms with van der Waals surface area (Å²) in [7, 11) is 3.77. The van der Waals surface area contributed by atoms with Gasteiger partial charge in [-0.25, -0.2) is 0 Å². The second-order valence-corrected chi connectivity index (χ2v) is 6.92. The third kappa shape index (κ3) is 6.14. The molecule has 1 amide bonds. The Hall–Kier alpha value is -3.22. The molecule has 0 unspecified atom stereocenters. The number of likely N-dealkylation sites (N-methyl/N-ethyl adjacent to an activating group) is 1. The topological polar surface area (TPSA) is 69.2 Å². The van der Waals surface area contributed by atoms with Gasteiger partial charge in [-0.1, -0.05) is 30.3 Å². The minimum atomic E-state index is 0.0741. The molecular formula is C22H29N5O2. The van der Waals surface area contributed by atoms with E-state index in [1.54, 1.807) is 7.05 Å². The predicted octanol–water partition coefficient (Wildman–Crippen LogP) is 1.71. The van der Waals surface area contributed by atoms with Gasteiger partial charge >= 0.3 is 0 Å². The summed E-state index contributed by atoms with van der Waals surface area (Å²) in [4.78, 5) is 20.0. The molecule has 154 valence electrons. The molecule has 1 saturated heterocycles. The van der Waals surface area contributed by atoms with Crippen LogP contribution in [0.5, 0.6) is 5.75 Å². The summed E-state index contributed by atoms with van der Waals surface area (Å²) in [5.41, 5.74) is 2.23. The number of guanidine groups is 1. The van der Waals surface area contributed by atoms with Gasteiger partial charge in [-0.05, 0) is 29.8 Å². The van der Waals surface area contributed by atoms with Crippen LogP contribution >= 0.6 is 0 Å². The highest BCUT2D eigenvalue weighted by Crippen LogP contribution is 2.16. The van der Waals surface area contributed by atoms with Crippen LogP contribution in [0.25, 0.3) is 0 Å². The molecule has 0 aromatic heterocycles. The van der Waals surface area contributed by atoms with Crippen LogP contribution in [0.2, 0.25) is 0 Å². The number of benzene rings is 2. The van der Waals surface area contributed by atoms with E-state index in [4.69, 9.17) is 4.74 Å². The fourth-order valence-electron chi connectivity index (χ4n) is 3.17. The first kappa shape index (κ1) is 20.5. The number of carbonyl (C=O) groups excluding carboxylic acids is 1. The zero-order chi connectivity index (χ0) is 20.5. The van der Waals surface area contributed by atoms with Crippen LogP contribution in [0.1, 0.15) is 5.56 Å². The molecule has 1 fully saturated rings. The Balaban J connectivity index is 1.45. The maximum absolute atomic E-state index is 11.6. The maximum atomic E-state index is 11.6. The van der Waals surface area contributed by atoms with Crippen LogP contribution in [0.15, 0.2) is 59.6 Å². The van der Waals surface area contributed by atoms with E-state index in [1.165, 1.54) is 0 Å². The number of amides is 1. The lowest BCUT2D eigenvalue weighted by Gasteiger charge is -2.28. The van der Waals surface area contributed by atoms with Crippen molar-refractivity contribution in [1.82, 2.24) is 15.5 Å². The maximum Gasteiger partial charge on any atom is 0.239 e. The lowest BCUT2D eigenvalue weighted by molar-refractivity contribution is -0.120. The smallest absolute Gasteiger partial charge is 0.239 e. The average molecular weight is 396 g/mol. The summed E-state index contributed by atoms with van der Waals surface area (Å²) in [5.74, 6) is 1.76. The van der Waals surface area contributed by atoms with Crippen molar-refractivity contribution in [3.05, 3.63) is 60.2 Å². The summed E-state index contributed by atoms with van der Waals surface area (Å²) in [6.45, 7) is 3.94. The van der Waals surface area contributed by atoms with E-state index in [9.17, 15) is 4.79 Å². The van der Waals surface area contributed by atoms with E-state index in [2.05, 4.69) is 44.8 Å². The molecule has 1 aliphatic rings. The van der Waals surface area contributed by atoms with Gasteiger partial charge in [-0.3, -0.25) is 9.79 Å². The SMILES string of the molecule is CN=C(NCc1ccc(N2CCNC(=O)C2)cc1)N(C)CCOc1ccccc1. The van der Waals surface area contributed by atoms with Crippen LogP contribution in [0.4, 0.5) is 5.69 Å². The van der Waals surface area contributed by atoms with Crippen molar-refractivity contribution >= 4 is 17.6 Å². The third-order valence-corrected chi connectivity index (χ3v) is 4.80. The fourth-order valence-corrected chi connectivity index (χ4v) is 3.17. The molecule has 29 heavy (non-hydrogen) atoms. The number of piperazine rings is 1.